The zero-order chi connectivity index (χ0) is 15.4. The Kier molecular flexibility index (Phi) is 4.37. The predicted molar refractivity (Wildman–Crippen MR) is 78.3 cm³/mol. The highest BCUT2D eigenvalue weighted by Gasteiger charge is 2.15. The Hall–Kier alpha value is -2.63. The highest BCUT2D eigenvalue weighted by molar-refractivity contribution is 6.04. The fourth-order valence-electron chi connectivity index (χ4n) is 1.89. The zero-order valence-electron chi connectivity index (χ0n) is 11.9. The van der Waals surface area contributed by atoms with Gasteiger partial charge in [0.15, 0.2) is 0 Å². The van der Waals surface area contributed by atoms with E-state index >= 15 is 0 Å². The summed E-state index contributed by atoms with van der Waals surface area (Å²) in [5, 5.41) is 15.8. The molecule has 1 atom stereocenters. The van der Waals surface area contributed by atoms with Gasteiger partial charge in [-0.05, 0) is 31.5 Å². The fourth-order valence-corrected chi connectivity index (χ4v) is 1.89. The summed E-state index contributed by atoms with van der Waals surface area (Å²) in [6.45, 7) is 4.24. The number of hydrogen-bond donors (Lipinski definition) is 2. The number of amides is 1. The lowest BCUT2D eigenvalue weighted by Crippen LogP contribution is -2.12. The summed E-state index contributed by atoms with van der Waals surface area (Å²) in [4.78, 5) is 23.1. The molecule has 0 saturated heterocycles. The molecule has 1 aromatic carbocycles. The van der Waals surface area contributed by atoms with E-state index in [4.69, 9.17) is 5.11 Å². The Balaban J connectivity index is 2.14. The van der Waals surface area contributed by atoms with Crippen molar-refractivity contribution in [1.29, 1.82) is 0 Å². The molecule has 110 valence electrons. The van der Waals surface area contributed by atoms with Crippen molar-refractivity contribution in [2.45, 2.75) is 26.3 Å². The van der Waals surface area contributed by atoms with Gasteiger partial charge in [-0.25, -0.2) is 0 Å². The number of benzene rings is 1. The topological polar surface area (TPSA) is 84.2 Å². The van der Waals surface area contributed by atoms with Crippen molar-refractivity contribution >= 4 is 17.6 Å². The molecule has 2 N–H and O–H groups in total. The number of nitrogens with one attached hydrogen (secondary N) is 1. The van der Waals surface area contributed by atoms with Crippen LogP contribution in [0.1, 0.15) is 35.7 Å². The first-order valence-corrected chi connectivity index (χ1v) is 6.68. The SMILES string of the molecule is CCn1cc(C(=O)Nc2cccc(C(C)C(=O)O)c2)cn1. The molecule has 21 heavy (non-hydrogen) atoms. The second-order valence-corrected chi connectivity index (χ2v) is 4.72. The van der Waals surface area contributed by atoms with Gasteiger partial charge in [0, 0.05) is 18.4 Å². The summed E-state index contributed by atoms with van der Waals surface area (Å²) in [5.41, 5.74) is 1.67. The van der Waals surface area contributed by atoms with E-state index in [0.29, 0.717) is 23.4 Å². The predicted octanol–water partition coefficient (Wildman–Crippen LogP) is 2.34. The molecule has 0 aliphatic rings. The van der Waals surface area contributed by atoms with E-state index in [0.717, 1.165) is 0 Å². The lowest BCUT2D eigenvalue weighted by molar-refractivity contribution is -0.138. The Labute approximate surface area is 122 Å². The largest absolute Gasteiger partial charge is 0.481 e. The molecule has 1 unspecified atom stereocenters. The van der Waals surface area contributed by atoms with Crippen molar-refractivity contribution < 1.29 is 14.7 Å². The second-order valence-electron chi connectivity index (χ2n) is 4.72. The van der Waals surface area contributed by atoms with Gasteiger partial charge in [0.1, 0.15) is 0 Å². The average Bonchev–Trinajstić information content (AvgIpc) is 2.95. The third-order valence-corrected chi connectivity index (χ3v) is 3.23. The number of aryl methyl sites for hydroxylation is 1. The fraction of sp³-hybridized carbons (Fsp3) is 0.267. The molecule has 0 spiro atoms. The molecule has 0 saturated carbocycles. The van der Waals surface area contributed by atoms with Crippen molar-refractivity contribution in [3.8, 4) is 0 Å². The van der Waals surface area contributed by atoms with Crippen LogP contribution >= 0.6 is 0 Å². The van der Waals surface area contributed by atoms with Crippen LogP contribution in [0.15, 0.2) is 36.7 Å². The molecule has 2 rings (SSSR count). The van der Waals surface area contributed by atoms with Crippen molar-refractivity contribution in [3.63, 3.8) is 0 Å². The maximum Gasteiger partial charge on any atom is 0.310 e. The summed E-state index contributed by atoms with van der Waals surface area (Å²) in [5.74, 6) is -1.79. The summed E-state index contributed by atoms with van der Waals surface area (Å²) >= 11 is 0. The summed E-state index contributed by atoms with van der Waals surface area (Å²) in [6.07, 6.45) is 3.17. The summed E-state index contributed by atoms with van der Waals surface area (Å²) in [6, 6.07) is 6.84. The summed E-state index contributed by atoms with van der Waals surface area (Å²) in [7, 11) is 0. The van der Waals surface area contributed by atoms with Crippen LogP contribution in [-0.2, 0) is 11.3 Å². The third-order valence-electron chi connectivity index (χ3n) is 3.23. The molecule has 6 nitrogen and oxygen atoms in total. The first-order valence-electron chi connectivity index (χ1n) is 6.68. The summed E-state index contributed by atoms with van der Waals surface area (Å²) < 4.78 is 1.66. The Bertz CT molecular complexity index is 664. The monoisotopic (exact) mass is 287 g/mol. The molecule has 0 aliphatic heterocycles. The van der Waals surface area contributed by atoms with Gasteiger partial charge in [-0.15, -0.1) is 0 Å². The van der Waals surface area contributed by atoms with Crippen LogP contribution in [-0.4, -0.2) is 26.8 Å². The lowest BCUT2D eigenvalue weighted by Gasteiger charge is -2.09. The first kappa shape index (κ1) is 14.8. The standard InChI is InChI=1S/C15H17N3O3/c1-3-18-9-12(8-16-18)14(19)17-13-6-4-5-11(7-13)10(2)15(20)21/h4-10H,3H2,1-2H3,(H,17,19)(H,20,21). The number of nitrogens with zero attached hydrogens (tertiary/aromatic N) is 2. The van der Waals surface area contributed by atoms with Gasteiger partial charge < -0.3 is 10.4 Å². The number of aromatic nitrogens is 2. The number of carboxylic acids is 1. The first-order chi connectivity index (χ1) is 10.0. The van der Waals surface area contributed by atoms with Crippen molar-refractivity contribution in [2.24, 2.45) is 0 Å². The van der Waals surface area contributed by atoms with Crippen LogP contribution in [0.4, 0.5) is 5.69 Å². The minimum absolute atomic E-state index is 0.269. The Morgan fingerprint density at radius 3 is 2.81 bits per heavy atom. The second kappa shape index (κ2) is 6.21. The van der Waals surface area contributed by atoms with Crippen molar-refractivity contribution in [3.05, 3.63) is 47.8 Å². The number of rotatable bonds is 5. The number of carboxylic acid groups (broad SMARTS) is 1. The average molecular weight is 287 g/mol. The van der Waals surface area contributed by atoms with Gasteiger partial charge in [-0.3, -0.25) is 14.3 Å². The van der Waals surface area contributed by atoms with Crippen molar-refractivity contribution in [1.82, 2.24) is 9.78 Å². The minimum Gasteiger partial charge on any atom is -0.481 e. The number of anilines is 1. The maximum absolute atomic E-state index is 12.1. The van der Waals surface area contributed by atoms with Gasteiger partial charge in [0.05, 0.1) is 17.7 Å². The van der Waals surface area contributed by atoms with Gasteiger partial charge in [0.25, 0.3) is 5.91 Å². The Morgan fingerprint density at radius 1 is 1.43 bits per heavy atom. The van der Waals surface area contributed by atoms with Crippen LogP contribution < -0.4 is 5.32 Å². The Morgan fingerprint density at radius 2 is 2.19 bits per heavy atom. The van der Waals surface area contributed by atoms with E-state index in [2.05, 4.69) is 10.4 Å². The highest BCUT2D eigenvalue weighted by Crippen LogP contribution is 2.20. The molecule has 0 bridgehead atoms. The minimum atomic E-state index is -0.900. The van der Waals surface area contributed by atoms with E-state index in [1.54, 1.807) is 42.1 Å². The van der Waals surface area contributed by atoms with Crippen LogP contribution in [0, 0.1) is 0 Å². The van der Waals surface area contributed by atoms with Crippen LogP contribution in [0.3, 0.4) is 0 Å². The van der Waals surface area contributed by atoms with Gasteiger partial charge in [-0.1, -0.05) is 12.1 Å². The molecular formula is C15H17N3O3. The molecule has 0 radical (unpaired) electrons. The lowest BCUT2D eigenvalue weighted by atomic mass is 10.0. The van der Waals surface area contributed by atoms with Gasteiger partial charge in [-0.2, -0.15) is 5.10 Å². The highest BCUT2D eigenvalue weighted by atomic mass is 16.4. The van der Waals surface area contributed by atoms with Crippen LogP contribution in [0.5, 0.6) is 0 Å². The van der Waals surface area contributed by atoms with E-state index in [-0.39, 0.29) is 5.91 Å². The molecule has 1 heterocycles. The van der Waals surface area contributed by atoms with Gasteiger partial charge in [0.2, 0.25) is 0 Å². The van der Waals surface area contributed by atoms with Crippen LogP contribution in [0.25, 0.3) is 0 Å². The molecule has 1 aromatic heterocycles. The maximum atomic E-state index is 12.1. The molecule has 6 heteroatoms. The number of hydrogen-bond acceptors (Lipinski definition) is 3. The molecule has 0 aliphatic carbocycles. The number of carbonyl (C=O) groups is 2. The van der Waals surface area contributed by atoms with E-state index in [9.17, 15) is 9.59 Å². The number of carbonyl (C=O) groups excluding carboxylic acids is 1. The number of aliphatic carboxylic acids is 1. The zero-order valence-corrected chi connectivity index (χ0v) is 11.9. The smallest absolute Gasteiger partial charge is 0.310 e. The van der Waals surface area contributed by atoms with E-state index < -0.39 is 11.9 Å². The normalized spacial score (nSPS) is 11.9. The van der Waals surface area contributed by atoms with Crippen molar-refractivity contribution in [2.75, 3.05) is 5.32 Å². The van der Waals surface area contributed by atoms with E-state index in [1.165, 1.54) is 6.20 Å². The molecule has 1 amide bonds. The molecule has 0 fully saturated rings. The molecule has 2 aromatic rings. The quantitative estimate of drug-likeness (QED) is 0.884. The van der Waals surface area contributed by atoms with E-state index in [1.807, 2.05) is 6.92 Å². The third kappa shape index (κ3) is 3.47. The molecular weight excluding hydrogens is 270 g/mol. The van der Waals surface area contributed by atoms with Crippen LogP contribution in [0.2, 0.25) is 0 Å². The van der Waals surface area contributed by atoms with Gasteiger partial charge >= 0.3 is 5.97 Å².